The Morgan fingerprint density at radius 3 is 2.69 bits per heavy atom. The number of pyridine rings is 1. The van der Waals surface area contributed by atoms with Crippen molar-refractivity contribution in [2.24, 2.45) is 11.8 Å². The molecule has 2 N–H and O–H groups in total. The maximum absolute atomic E-state index is 13.7. The van der Waals surface area contributed by atoms with Crippen LogP contribution in [0.15, 0.2) is 36.9 Å². The molecule has 0 spiro atoms. The number of halogens is 3. The normalized spacial score (nSPS) is 24.7. The number of nitrogens with zero attached hydrogens (tertiary/aromatic N) is 2. The largest absolute Gasteiger partial charge is 0.417 e. The number of amides is 1. The fraction of sp³-hybridized carbons (Fsp3) is 0.481. The molecule has 2 saturated carbocycles. The molecule has 2 bridgehead atoms. The third-order valence-corrected chi connectivity index (χ3v) is 7.61. The van der Waals surface area contributed by atoms with Gasteiger partial charge in [0.15, 0.2) is 0 Å². The second-order valence-corrected chi connectivity index (χ2v) is 10.1. The lowest BCUT2D eigenvalue weighted by molar-refractivity contribution is -0.122. The molecule has 2 aromatic rings. The highest BCUT2D eigenvalue weighted by Crippen LogP contribution is 2.40. The summed E-state index contributed by atoms with van der Waals surface area (Å²) in [5.74, 6) is 0.639. The van der Waals surface area contributed by atoms with Crippen molar-refractivity contribution >= 4 is 34.0 Å². The van der Waals surface area contributed by atoms with Crippen LogP contribution < -0.4 is 10.6 Å². The summed E-state index contributed by atoms with van der Waals surface area (Å²) < 4.78 is 41.0. The highest BCUT2D eigenvalue weighted by Gasteiger charge is 2.39. The Morgan fingerprint density at radius 2 is 2.03 bits per heavy atom. The van der Waals surface area contributed by atoms with Crippen LogP contribution >= 0.6 is 0 Å². The minimum Gasteiger partial charge on any atom is -0.381 e. The Kier molecular flexibility index (Phi) is 6.34. The third-order valence-electron chi connectivity index (χ3n) is 7.61. The SMILES string of the molecule is C=C(c1nc(/C=C/CNC(=O)C2CC2)cc2c(NC3CC4CCC3CN4C)cccc12)C(F)(F)F. The molecule has 2 aliphatic heterocycles. The van der Waals surface area contributed by atoms with Crippen LogP contribution in [0.2, 0.25) is 0 Å². The molecule has 5 nitrogen and oxygen atoms in total. The van der Waals surface area contributed by atoms with Crippen LogP contribution in [0.3, 0.4) is 0 Å². The van der Waals surface area contributed by atoms with Gasteiger partial charge in [-0.15, -0.1) is 0 Å². The van der Waals surface area contributed by atoms with E-state index in [1.807, 2.05) is 12.1 Å². The Bertz CT molecular complexity index is 1170. The molecule has 35 heavy (non-hydrogen) atoms. The molecule has 8 heteroatoms. The first-order valence-corrected chi connectivity index (χ1v) is 12.3. The van der Waals surface area contributed by atoms with Gasteiger partial charge in [0.1, 0.15) is 0 Å². The zero-order valence-electron chi connectivity index (χ0n) is 19.9. The number of anilines is 1. The number of rotatable bonds is 7. The molecule has 3 atom stereocenters. The maximum atomic E-state index is 13.7. The van der Waals surface area contributed by atoms with Crippen LogP contribution in [0, 0.1) is 11.8 Å². The lowest BCUT2D eigenvalue weighted by atomic mass is 9.76. The van der Waals surface area contributed by atoms with Crippen molar-refractivity contribution < 1.29 is 18.0 Å². The molecule has 186 valence electrons. The van der Waals surface area contributed by atoms with Crippen molar-refractivity contribution in [2.75, 3.05) is 25.5 Å². The van der Waals surface area contributed by atoms with Gasteiger partial charge in [-0.3, -0.25) is 4.79 Å². The van der Waals surface area contributed by atoms with E-state index in [0.29, 0.717) is 35.0 Å². The van der Waals surface area contributed by atoms with Crippen molar-refractivity contribution in [2.45, 2.75) is 50.4 Å². The smallest absolute Gasteiger partial charge is 0.381 e. The fourth-order valence-electron chi connectivity index (χ4n) is 5.43. The van der Waals surface area contributed by atoms with E-state index in [2.05, 4.69) is 34.1 Å². The van der Waals surface area contributed by atoms with E-state index in [4.69, 9.17) is 0 Å². The maximum Gasteiger partial charge on any atom is 0.417 e. The van der Waals surface area contributed by atoms with Gasteiger partial charge in [0, 0.05) is 47.6 Å². The predicted octanol–water partition coefficient (Wildman–Crippen LogP) is 5.24. The van der Waals surface area contributed by atoms with E-state index in [9.17, 15) is 18.0 Å². The van der Waals surface area contributed by atoms with E-state index >= 15 is 0 Å². The molecule has 1 aromatic carbocycles. The number of allylic oxidation sites excluding steroid dienone is 1. The van der Waals surface area contributed by atoms with Gasteiger partial charge in [0.25, 0.3) is 0 Å². The summed E-state index contributed by atoms with van der Waals surface area (Å²) in [4.78, 5) is 18.6. The molecule has 1 amide bonds. The van der Waals surface area contributed by atoms with E-state index < -0.39 is 11.7 Å². The Morgan fingerprint density at radius 1 is 1.23 bits per heavy atom. The second-order valence-electron chi connectivity index (χ2n) is 10.1. The molecule has 4 fully saturated rings. The average Bonchev–Trinajstić information content (AvgIpc) is 3.67. The summed E-state index contributed by atoms with van der Waals surface area (Å²) in [7, 11) is 2.16. The molecule has 4 aliphatic rings. The van der Waals surface area contributed by atoms with Crippen molar-refractivity contribution in [1.82, 2.24) is 15.2 Å². The third kappa shape index (κ3) is 5.08. The fourth-order valence-corrected chi connectivity index (χ4v) is 5.43. The highest BCUT2D eigenvalue weighted by molar-refractivity contribution is 6.00. The van der Waals surface area contributed by atoms with Crippen molar-refractivity contribution in [3.05, 3.63) is 48.3 Å². The van der Waals surface area contributed by atoms with E-state index in [1.165, 1.54) is 6.42 Å². The molecule has 3 heterocycles. The summed E-state index contributed by atoms with van der Waals surface area (Å²) in [6.07, 6.45) is 4.01. The number of aromatic nitrogens is 1. The summed E-state index contributed by atoms with van der Waals surface area (Å²) in [5, 5.41) is 7.61. The number of piperidine rings is 2. The lowest BCUT2D eigenvalue weighted by Gasteiger charge is -2.48. The number of hydrogen-bond acceptors (Lipinski definition) is 4. The molecule has 6 rings (SSSR count). The van der Waals surface area contributed by atoms with Crippen molar-refractivity contribution in [3.63, 3.8) is 0 Å². The van der Waals surface area contributed by atoms with Crippen LogP contribution in [0.4, 0.5) is 18.9 Å². The number of carbonyl (C=O) groups excluding carboxylic acids is 1. The lowest BCUT2D eigenvalue weighted by Crippen LogP contribution is -2.54. The first-order chi connectivity index (χ1) is 16.7. The molecule has 2 saturated heterocycles. The van der Waals surface area contributed by atoms with Crippen molar-refractivity contribution in [3.8, 4) is 0 Å². The van der Waals surface area contributed by atoms with Crippen LogP contribution in [0.5, 0.6) is 0 Å². The van der Waals surface area contributed by atoms with Crippen LogP contribution in [0.1, 0.15) is 43.5 Å². The van der Waals surface area contributed by atoms with Gasteiger partial charge in [-0.2, -0.15) is 13.2 Å². The first-order valence-electron chi connectivity index (χ1n) is 12.3. The summed E-state index contributed by atoms with van der Waals surface area (Å²) in [6, 6.07) is 8.02. The quantitative estimate of drug-likeness (QED) is 0.564. The van der Waals surface area contributed by atoms with E-state index in [0.717, 1.165) is 37.9 Å². The number of hydrogen-bond donors (Lipinski definition) is 2. The number of nitrogens with one attached hydrogen (secondary N) is 2. The van der Waals surface area contributed by atoms with Crippen LogP contribution in [0.25, 0.3) is 22.4 Å². The minimum absolute atomic E-state index is 0.0196. The number of carbonyl (C=O) groups is 1. The number of fused-ring (bicyclic) bond motifs is 4. The average molecular weight is 485 g/mol. The van der Waals surface area contributed by atoms with Gasteiger partial charge >= 0.3 is 6.18 Å². The highest BCUT2D eigenvalue weighted by atomic mass is 19.4. The molecule has 0 radical (unpaired) electrons. The topological polar surface area (TPSA) is 57.3 Å². The second kappa shape index (κ2) is 9.30. The van der Waals surface area contributed by atoms with Gasteiger partial charge in [0.2, 0.25) is 5.91 Å². The number of alkyl halides is 3. The summed E-state index contributed by atoms with van der Waals surface area (Å²) >= 11 is 0. The Hall–Kier alpha value is -2.87. The summed E-state index contributed by atoms with van der Waals surface area (Å²) in [5.41, 5.74) is 0.0937. The Labute approximate surface area is 203 Å². The van der Waals surface area contributed by atoms with E-state index in [1.54, 1.807) is 24.3 Å². The van der Waals surface area contributed by atoms with Gasteiger partial charge in [-0.1, -0.05) is 24.8 Å². The molecular formula is C27H31F3N4O. The van der Waals surface area contributed by atoms with Gasteiger partial charge in [-0.25, -0.2) is 4.98 Å². The first kappa shape index (κ1) is 23.9. The Balaban J connectivity index is 1.46. The van der Waals surface area contributed by atoms with E-state index in [-0.39, 0.29) is 23.6 Å². The van der Waals surface area contributed by atoms with Crippen LogP contribution in [-0.4, -0.2) is 54.2 Å². The van der Waals surface area contributed by atoms with Crippen molar-refractivity contribution in [1.29, 1.82) is 0 Å². The summed E-state index contributed by atoms with van der Waals surface area (Å²) in [6.45, 7) is 4.67. The zero-order chi connectivity index (χ0) is 24.7. The van der Waals surface area contributed by atoms with Gasteiger partial charge in [-0.05, 0) is 63.3 Å². The monoisotopic (exact) mass is 484 g/mol. The molecule has 1 aromatic heterocycles. The minimum atomic E-state index is -4.59. The molecule has 3 unspecified atom stereocenters. The zero-order valence-corrected chi connectivity index (χ0v) is 19.9. The van der Waals surface area contributed by atoms with Gasteiger partial charge < -0.3 is 15.5 Å². The molecule has 2 aliphatic carbocycles. The molecular weight excluding hydrogens is 453 g/mol. The van der Waals surface area contributed by atoms with Crippen LogP contribution in [-0.2, 0) is 4.79 Å². The van der Waals surface area contributed by atoms with Gasteiger partial charge in [0.05, 0.1) is 17.0 Å². The number of benzene rings is 1. The standard InChI is InChI=1S/C27H31F3N4O/c1-16(27(28,29)30)25-21-6-3-7-23(33-24-14-20-11-10-18(24)15-34(20)2)22(21)13-19(32-25)5-4-12-31-26(35)17-8-9-17/h3-7,13,17-18,20,24,33H,1,8-12,14-15H2,2H3,(H,31,35)/b5-4+. The predicted molar refractivity (Wildman–Crippen MR) is 133 cm³/mol.